The molecule has 0 aliphatic heterocycles. The molecule has 2 rings (SSSR count). The second-order valence-corrected chi connectivity index (χ2v) is 5.55. The number of unbranched alkanes of at least 4 members (excludes halogenated alkanes) is 1. The van der Waals surface area contributed by atoms with Crippen LogP contribution in [0.3, 0.4) is 0 Å². The number of hydrogen-bond donors (Lipinski definition) is 1. The molecule has 0 atom stereocenters. The van der Waals surface area contributed by atoms with Crippen molar-refractivity contribution in [3.8, 4) is 22.1 Å². The molecule has 2 aromatic rings. The zero-order valence-electron chi connectivity index (χ0n) is 13.0. The normalized spacial score (nSPS) is 10.3. The predicted octanol–water partition coefficient (Wildman–Crippen LogP) is 3.36. The van der Waals surface area contributed by atoms with Gasteiger partial charge in [-0.1, -0.05) is 19.4 Å². The average molecular weight is 320 g/mol. The summed E-state index contributed by atoms with van der Waals surface area (Å²) in [6, 6.07) is 5.60. The number of aromatic nitrogens is 1. The lowest BCUT2D eigenvalue weighted by Gasteiger charge is -2.10. The highest BCUT2D eigenvalue weighted by Gasteiger charge is 2.16. The van der Waals surface area contributed by atoms with Gasteiger partial charge in [0.15, 0.2) is 11.5 Å². The van der Waals surface area contributed by atoms with Crippen molar-refractivity contribution in [2.24, 2.45) is 0 Å². The summed E-state index contributed by atoms with van der Waals surface area (Å²) in [5.74, 6) is 1.12. The van der Waals surface area contributed by atoms with Gasteiger partial charge in [-0.3, -0.25) is 4.79 Å². The molecule has 0 unspecified atom stereocenters. The molecule has 0 aliphatic rings. The van der Waals surface area contributed by atoms with E-state index >= 15 is 0 Å². The van der Waals surface area contributed by atoms with Crippen LogP contribution in [0.5, 0.6) is 11.5 Å². The molecule has 0 bridgehead atoms. The zero-order valence-corrected chi connectivity index (χ0v) is 13.8. The predicted molar refractivity (Wildman–Crippen MR) is 87.9 cm³/mol. The highest BCUT2D eigenvalue weighted by molar-refractivity contribution is 7.13. The van der Waals surface area contributed by atoms with E-state index in [1.54, 1.807) is 19.6 Å². The van der Waals surface area contributed by atoms with E-state index in [4.69, 9.17) is 9.47 Å². The van der Waals surface area contributed by atoms with Crippen molar-refractivity contribution in [1.29, 1.82) is 0 Å². The molecule has 22 heavy (non-hydrogen) atoms. The molecule has 0 radical (unpaired) electrons. The van der Waals surface area contributed by atoms with Crippen molar-refractivity contribution in [3.05, 3.63) is 29.3 Å². The Kier molecular flexibility index (Phi) is 5.77. The first-order valence-corrected chi connectivity index (χ1v) is 8.04. The maximum atomic E-state index is 12.0. The quantitative estimate of drug-likeness (QED) is 0.795. The van der Waals surface area contributed by atoms with E-state index in [0.29, 0.717) is 23.7 Å². The summed E-state index contributed by atoms with van der Waals surface area (Å²) in [6.07, 6.45) is 2.01. The average Bonchev–Trinajstić information content (AvgIpc) is 3.04. The molecule has 0 fully saturated rings. The molecule has 0 saturated heterocycles. The number of para-hydroxylation sites is 1. The van der Waals surface area contributed by atoms with Crippen LogP contribution in [0.15, 0.2) is 23.6 Å². The van der Waals surface area contributed by atoms with E-state index in [1.165, 1.54) is 11.3 Å². The number of rotatable bonds is 7. The second-order valence-electron chi connectivity index (χ2n) is 4.69. The van der Waals surface area contributed by atoms with Crippen molar-refractivity contribution in [3.63, 3.8) is 0 Å². The number of nitrogens with zero attached hydrogens (tertiary/aromatic N) is 1. The Hall–Kier alpha value is -2.08. The lowest BCUT2D eigenvalue weighted by Crippen LogP contribution is -2.24. The Morgan fingerprint density at radius 3 is 2.82 bits per heavy atom. The van der Waals surface area contributed by atoms with E-state index in [2.05, 4.69) is 17.2 Å². The minimum atomic E-state index is -0.141. The van der Waals surface area contributed by atoms with E-state index in [9.17, 15) is 4.79 Å². The van der Waals surface area contributed by atoms with Gasteiger partial charge in [-0.05, 0) is 18.6 Å². The summed E-state index contributed by atoms with van der Waals surface area (Å²) in [5.41, 5.74) is 1.25. The Morgan fingerprint density at radius 2 is 2.14 bits per heavy atom. The number of ether oxygens (including phenoxy) is 2. The van der Waals surface area contributed by atoms with Crippen LogP contribution in [0.25, 0.3) is 10.6 Å². The fourth-order valence-electron chi connectivity index (χ4n) is 2.03. The summed E-state index contributed by atoms with van der Waals surface area (Å²) in [7, 11) is 3.18. The number of thiazole rings is 1. The first kappa shape index (κ1) is 16.3. The van der Waals surface area contributed by atoms with Crippen LogP contribution in [0.2, 0.25) is 0 Å². The van der Waals surface area contributed by atoms with E-state index in [-0.39, 0.29) is 5.91 Å². The Balaban J connectivity index is 2.23. The summed E-state index contributed by atoms with van der Waals surface area (Å²) in [6.45, 7) is 2.76. The monoisotopic (exact) mass is 320 g/mol. The van der Waals surface area contributed by atoms with Crippen molar-refractivity contribution in [2.75, 3.05) is 20.8 Å². The zero-order chi connectivity index (χ0) is 15.9. The maximum absolute atomic E-state index is 12.0. The summed E-state index contributed by atoms with van der Waals surface area (Å²) in [4.78, 5) is 16.4. The minimum Gasteiger partial charge on any atom is -0.493 e. The molecule has 1 aromatic heterocycles. The topological polar surface area (TPSA) is 60.5 Å². The van der Waals surface area contributed by atoms with Crippen molar-refractivity contribution in [1.82, 2.24) is 10.3 Å². The molecule has 118 valence electrons. The standard InChI is InChI=1S/C16H20N2O3S/c1-4-5-9-17-15(19)12-10-22-16(18-12)11-7-6-8-13(20-2)14(11)21-3/h6-8,10H,4-5,9H2,1-3H3,(H,17,19). The fraction of sp³-hybridized carbons (Fsp3) is 0.375. The van der Waals surface area contributed by atoms with Crippen LogP contribution in [-0.4, -0.2) is 31.7 Å². The van der Waals surface area contributed by atoms with Gasteiger partial charge < -0.3 is 14.8 Å². The molecule has 0 spiro atoms. The van der Waals surface area contributed by atoms with Gasteiger partial charge in [-0.25, -0.2) is 4.98 Å². The smallest absolute Gasteiger partial charge is 0.270 e. The summed E-state index contributed by atoms with van der Waals surface area (Å²) < 4.78 is 10.7. The molecule has 5 nitrogen and oxygen atoms in total. The van der Waals surface area contributed by atoms with E-state index in [0.717, 1.165) is 23.4 Å². The number of amides is 1. The number of hydrogen-bond acceptors (Lipinski definition) is 5. The second kappa shape index (κ2) is 7.79. The fourth-order valence-corrected chi connectivity index (χ4v) is 2.85. The molecule has 6 heteroatoms. The molecule has 1 aromatic carbocycles. The number of carbonyl (C=O) groups is 1. The largest absolute Gasteiger partial charge is 0.493 e. The molecule has 1 heterocycles. The van der Waals surface area contributed by atoms with Crippen molar-refractivity contribution < 1.29 is 14.3 Å². The van der Waals surface area contributed by atoms with Crippen LogP contribution in [0, 0.1) is 0 Å². The lowest BCUT2D eigenvalue weighted by molar-refractivity contribution is 0.0949. The first-order valence-electron chi connectivity index (χ1n) is 7.16. The third-order valence-electron chi connectivity index (χ3n) is 3.19. The van der Waals surface area contributed by atoms with Gasteiger partial charge in [0.2, 0.25) is 0 Å². The number of methoxy groups -OCH3 is 2. The van der Waals surface area contributed by atoms with Gasteiger partial charge in [0.25, 0.3) is 5.91 Å². The highest BCUT2D eigenvalue weighted by Crippen LogP contribution is 2.38. The molecule has 1 amide bonds. The Labute approximate surface area is 134 Å². The third-order valence-corrected chi connectivity index (χ3v) is 4.06. The summed E-state index contributed by atoms with van der Waals surface area (Å²) >= 11 is 1.41. The third kappa shape index (κ3) is 3.57. The number of benzene rings is 1. The Bertz CT molecular complexity index is 640. The van der Waals surface area contributed by atoms with Crippen molar-refractivity contribution >= 4 is 17.2 Å². The first-order chi connectivity index (χ1) is 10.7. The Morgan fingerprint density at radius 1 is 1.32 bits per heavy atom. The van der Waals surface area contributed by atoms with Crippen LogP contribution in [0.4, 0.5) is 0 Å². The van der Waals surface area contributed by atoms with Crippen LogP contribution in [0.1, 0.15) is 30.3 Å². The molecule has 1 N–H and O–H groups in total. The number of carbonyl (C=O) groups excluding carboxylic acids is 1. The van der Waals surface area contributed by atoms with Gasteiger partial charge in [0.1, 0.15) is 10.7 Å². The molecule has 0 aliphatic carbocycles. The van der Waals surface area contributed by atoms with Crippen LogP contribution >= 0.6 is 11.3 Å². The SMILES string of the molecule is CCCCNC(=O)c1csc(-c2cccc(OC)c2OC)n1. The lowest BCUT2D eigenvalue weighted by atomic mass is 10.2. The van der Waals surface area contributed by atoms with Crippen LogP contribution < -0.4 is 14.8 Å². The minimum absolute atomic E-state index is 0.141. The number of nitrogens with one attached hydrogen (secondary N) is 1. The van der Waals surface area contributed by atoms with Gasteiger partial charge in [-0.2, -0.15) is 0 Å². The van der Waals surface area contributed by atoms with Gasteiger partial charge in [0, 0.05) is 11.9 Å². The highest BCUT2D eigenvalue weighted by atomic mass is 32.1. The molecule has 0 saturated carbocycles. The van der Waals surface area contributed by atoms with Crippen LogP contribution in [-0.2, 0) is 0 Å². The molecular formula is C16H20N2O3S. The maximum Gasteiger partial charge on any atom is 0.270 e. The van der Waals surface area contributed by atoms with Gasteiger partial charge in [-0.15, -0.1) is 11.3 Å². The summed E-state index contributed by atoms with van der Waals surface area (Å²) in [5, 5.41) is 5.36. The van der Waals surface area contributed by atoms with Crippen molar-refractivity contribution in [2.45, 2.75) is 19.8 Å². The van der Waals surface area contributed by atoms with Gasteiger partial charge in [0.05, 0.1) is 19.8 Å². The molecular weight excluding hydrogens is 300 g/mol. The van der Waals surface area contributed by atoms with Gasteiger partial charge >= 0.3 is 0 Å². The van der Waals surface area contributed by atoms with E-state index in [1.807, 2.05) is 18.2 Å². The van der Waals surface area contributed by atoms with E-state index < -0.39 is 0 Å².